The van der Waals surface area contributed by atoms with Crippen LogP contribution in [0, 0.1) is 5.92 Å². The van der Waals surface area contributed by atoms with Crippen molar-refractivity contribution < 1.29 is 0 Å². The highest BCUT2D eigenvalue weighted by Gasteiger charge is 2.27. The van der Waals surface area contributed by atoms with Crippen molar-refractivity contribution in [2.75, 3.05) is 0 Å². The molecule has 0 radical (unpaired) electrons. The lowest BCUT2D eigenvalue weighted by atomic mass is 9.94. The highest BCUT2D eigenvalue weighted by Crippen LogP contribution is 2.38. The Bertz CT molecular complexity index is 252. The van der Waals surface area contributed by atoms with Crippen LogP contribution >= 0.6 is 11.3 Å². The highest BCUT2D eigenvalue weighted by atomic mass is 32.1. The van der Waals surface area contributed by atoms with Gasteiger partial charge in [-0.15, -0.1) is 11.3 Å². The molecule has 1 aromatic rings. The second-order valence-electron chi connectivity index (χ2n) is 3.55. The molecule has 2 heteroatoms. The van der Waals surface area contributed by atoms with E-state index in [2.05, 4.69) is 18.8 Å². The van der Waals surface area contributed by atoms with E-state index in [0.717, 1.165) is 11.8 Å². The Labute approximate surface area is 71.5 Å². The van der Waals surface area contributed by atoms with Crippen LogP contribution in [0.15, 0.2) is 5.51 Å². The number of rotatable bonds is 1. The van der Waals surface area contributed by atoms with Gasteiger partial charge in [-0.25, -0.2) is 4.98 Å². The average molecular weight is 167 g/mol. The van der Waals surface area contributed by atoms with E-state index in [0.29, 0.717) is 0 Å². The lowest BCUT2D eigenvalue weighted by molar-refractivity contribution is 0.487. The molecule has 11 heavy (non-hydrogen) atoms. The van der Waals surface area contributed by atoms with Crippen molar-refractivity contribution in [1.29, 1.82) is 0 Å². The number of nitrogens with zero attached hydrogens (tertiary/aromatic N) is 1. The zero-order valence-corrected chi connectivity index (χ0v) is 7.82. The summed E-state index contributed by atoms with van der Waals surface area (Å²) in [6.45, 7) is 4.58. The summed E-state index contributed by atoms with van der Waals surface area (Å²) in [6.07, 6.45) is 2.59. The number of aryl methyl sites for hydroxylation is 1. The quantitative estimate of drug-likeness (QED) is 0.626. The van der Waals surface area contributed by atoms with Gasteiger partial charge in [0.25, 0.3) is 0 Å². The molecule has 0 N–H and O–H groups in total. The summed E-state index contributed by atoms with van der Waals surface area (Å²) >= 11 is 1.82. The topological polar surface area (TPSA) is 12.9 Å². The van der Waals surface area contributed by atoms with Crippen molar-refractivity contribution in [1.82, 2.24) is 4.98 Å². The molecule has 1 aliphatic rings. The summed E-state index contributed by atoms with van der Waals surface area (Å²) in [7, 11) is 0. The summed E-state index contributed by atoms with van der Waals surface area (Å²) in [4.78, 5) is 5.95. The van der Waals surface area contributed by atoms with E-state index in [-0.39, 0.29) is 0 Å². The van der Waals surface area contributed by atoms with E-state index in [1.165, 1.54) is 23.4 Å². The SMILES string of the molecule is CC(C)[C@H]1CCc2scnc21. The molecule has 60 valence electrons. The van der Waals surface area contributed by atoms with Gasteiger partial charge in [-0.1, -0.05) is 13.8 Å². The maximum absolute atomic E-state index is 4.42. The van der Waals surface area contributed by atoms with Crippen molar-refractivity contribution in [3.8, 4) is 0 Å². The molecule has 0 aliphatic heterocycles. The third-order valence-electron chi connectivity index (χ3n) is 2.51. The Morgan fingerprint density at radius 1 is 1.64 bits per heavy atom. The van der Waals surface area contributed by atoms with Crippen LogP contribution in [0.25, 0.3) is 0 Å². The number of hydrogen-bond donors (Lipinski definition) is 0. The van der Waals surface area contributed by atoms with Gasteiger partial charge in [0.15, 0.2) is 0 Å². The summed E-state index contributed by atoms with van der Waals surface area (Å²) in [5, 5.41) is 0. The van der Waals surface area contributed by atoms with Crippen LogP contribution in [0.5, 0.6) is 0 Å². The predicted octanol–water partition coefficient (Wildman–Crippen LogP) is 2.83. The van der Waals surface area contributed by atoms with Crippen molar-refractivity contribution in [3.05, 3.63) is 16.1 Å². The average Bonchev–Trinajstić information content (AvgIpc) is 2.41. The van der Waals surface area contributed by atoms with E-state index in [9.17, 15) is 0 Å². The number of fused-ring (bicyclic) bond motifs is 1. The van der Waals surface area contributed by atoms with Gasteiger partial charge in [-0.3, -0.25) is 0 Å². The molecule has 0 unspecified atom stereocenters. The molecule has 0 aromatic carbocycles. The van der Waals surface area contributed by atoms with Gasteiger partial charge in [0.2, 0.25) is 0 Å². The molecule has 1 heterocycles. The lowest BCUT2D eigenvalue weighted by Gasteiger charge is -2.12. The maximum Gasteiger partial charge on any atom is 0.0797 e. The number of hydrogen-bond acceptors (Lipinski definition) is 2. The molecule has 1 atom stereocenters. The Balaban J connectivity index is 2.31. The zero-order valence-electron chi connectivity index (χ0n) is 7.00. The van der Waals surface area contributed by atoms with Crippen molar-refractivity contribution in [3.63, 3.8) is 0 Å². The van der Waals surface area contributed by atoms with Crippen LogP contribution in [-0.4, -0.2) is 4.98 Å². The van der Waals surface area contributed by atoms with Crippen molar-refractivity contribution >= 4 is 11.3 Å². The zero-order chi connectivity index (χ0) is 7.84. The molecule has 0 spiro atoms. The van der Waals surface area contributed by atoms with Gasteiger partial charge in [0.1, 0.15) is 0 Å². The molecule has 0 saturated carbocycles. The molecular weight excluding hydrogens is 154 g/mol. The van der Waals surface area contributed by atoms with E-state index in [4.69, 9.17) is 0 Å². The number of thiazole rings is 1. The highest BCUT2D eigenvalue weighted by molar-refractivity contribution is 7.09. The summed E-state index contributed by atoms with van der Waals surface area (Å²) in [5.74, 6) is 1.51. The van der Waals surface area contributed by atoms with Crippen LogP contribution in [0.1, 0.15) is 36.8 Å². The standard InChI is InChI=1S/C9H13NS/c1-6(2)7-3-4-8-9(7)10-5-11-8/h5-7H,3-4H2,1-2H3/t7-/m1/s1. The maximum atomic E-state index is 4.42. The van der Waals surface area contributed by atoms with E-state index < -0.39 is 0 Å². The molecule has 0 amide bonds. The van der Waals surface area contributed by atoms with Gasteiger partial charge in [-0.2, -0.15) is 0 Å². The summed E-state index contributed by atoms with van der Waals surface area (Å²) < 4.78 is 0. The molecular formula is C9H13NS. The summed E-state index contributed by atoms with van der Waals surface area (Å²) in [6, 6.07) is 0. The molecule has 1 aliphatic carbocycles. The molecule has 1 aromatic heterocycles. The van der Waals surface area contributed by atoms with Gasteiger partial charge in [-0.05, 0) is 18.8 Å². The van der Waals surface area contributed by atoms with Gasteiger partial charge >= 0.3 is 0 Å². The molecule has 1 nitrogen and oxygen atoms in total. The first-order valence-electron chi connectivity index (χ1n) is 4.21. The fraction of sp³-hybridized carbons (Fsp3) is 0.667. The minimum Gasteiger partial charge on any atom is -0.249 e. The molecule has 0 saturated heterocycles. The fourth-order valence-corrected chi connectivity index (χ4v) is 2.70. The first-order valence-corrected chi connectivity index (χ1v) is 5.09. The number of aromatic nitrogens is 1. The smallest absolute Gasteiger partial charge is 0.0797 e. The van der Waals surface area contributed by atoms with E-state index in [1.807, 2.05) is 16.8 Å². The van der Waals surface area contributed by atoms with E-state index in [1.54, 1.807) is 0 Å². The van der Waals surface area contributed by atoms with Crippen molar-refractivity contribution in [2.45, 2.75) is 32.6 Å². The minimum atomic E-state index is 0.747. The Hall–Kier alpha value is -0.370. The Morgan fingerprint density at radius 2 is 2.45 bits per heavy atom. The van der Waals surface area contributed by atoms with Crippen LogP contribution in [-0.2, 0) is 6.42 Å². The third kappa shape index (κ3) is 1.09. The van der Waals surface area contributed by atoms with Crippen molar-refractivity contribution in [2.24, 2.45) is 5.92 Å². The molecule has 2 rings (SSSR count). The van der Waals surface area contributed by atoms with Gasteiger partial charge < -0.3 is 0 Å². The first-order chi connectivity index (χ1) is 5.29. The second kappa shape index (κ2) is 2.59. The van der Waals surface area contributed by atoms with Crippen LogP contribution in [0.2, 0.25) is 0 Å². The lowest BCUT2D eigenvalue weighted by Crippen LogP contribution is -2.02. The van der Waals surface area contributed by atoms with E-state index >= 15 is 0 Å². The van der Waals surface area contributed by atoms with Crippen LogP contribution in [0.3, 0.4) is 0 Å². The second-order valence-corrected chi connectivity index (χ2v) is 4.49. The Morgan fingerprint density at radius 3 is 3.18 bits per heavy atom. The fourth-order valence-electron chi connectivity index (χ4n) is 1.84. The predicted molar refractivity (Wildman–Crippen MR) is 48.0 cm³/mol. The normalized spacial score (nSPS) is 22.6. The third-order valence-corrected chi connectivity index (χ3v) is 3.42. The minimum absolute atomic E-state index is 0.747. The van der Waals surface area contributed by atoms with Gasteiger partial charge in [0, 0.05) is 10.8 Å². The molecule has 0 bridgehead atoms. The van der Waals surface area contributed by atoms with Gasteiger partial charge in [0.05, 0.1) is 11.2 Å². The van der Waals surface area contributed by atoms with Crippen LogP contribution < -0.4 is 0 Å². The summed E-state index contributed by atoms with van der Waals surface area (Å²) in [5.41, 5.74) is 3.38. The molecule has 0 fully saturated rings. The first kappa shape index (κ1) is 7.29. The monoisotopic (exact) mass is 167 g/mol. The largest absolute Gasteiger partial charge is 0.249 e. The Kier molecular flexibility index (Phi) is 1.72. The van der Waals surface area contributed by atoms with Crippen LogP contribution in [0.4, 0.5) is 0 Å².